The van der Waals surface area contributed by atoms with Crippen molar-refractivity contribution in [3.8, 4) is 0 Å². The van der Waals surface area contributed by atoms with Crippen LogP contribution in [0.2, 0.25) is 0 Å². The van der Waals surface area contributed by atoms with E-state index in [0.717, 1.165) is 9.80 Å². The van der Waals surface area contributed by atoms with Gasteiger partial charge in [0, 0.05) is 13.6 Å². The molecule has 2 aliphatic rings. The summed E-state index contributed by atoms with van der Waals surface area (Å²) in [6.45, 7) is -0.187. The minimum absolute atomic E-state index is 0.0294. The molecular weight excluding hydrogens is 302 g/mol. The minimum Gasteiger partial charge on any atom is -0.465 e. The Kier molecular flexibility index (Phi) is 3.51. The Morgan fingerprint density at radius 2 is 1.74 bits per heavy atom. The van der Waals surface area contributed by atoms with E-state index in [4.69, 9.17) is 5.11 Å². The Balaban J connectivity index is 1.82. The fourth-order valence-corrected chi connectivity index (χ4v) is 2.86. The van der Waals surface area contributed by atoms with Gasteiger partial charge < -0.3 is 10.0 Å². The molecule has 23 heavy (non-hydrogen) atoms. The van der Waals surface area contributed by atoms with Crippen molar-refractivity contribution in [1.29, 1.82) is 0 Å². The van der Waals surface area contributed by atoms with E-state index in [1.807, 2.05) is 0 Å². The van der Waals surface area contributed by atoms with E-state index in [0.29, 0.717) is 11.1 Å². The van der Waals surface area contributed by atoms with Crippen molar-refractivity contribution < 1.29 is 24.3 Å². The van der Waals surface area contributed by atoms with Gasteiger partial charge in [-0.05, 0) is 12.1 Å². The summed E-state index contributed by atoms with van der Waals surface area (Å²) < 4.78 is 0. The predicted octanol–water partition coefficient (Wildman–Crippen LogP) is 0.103. The van der Waals surface area contributed by atoms with Gasteiger partial charge in [0.25, 0.3) is 11.8 Å². The lowest BCUT2D eigenvalue weighted by atomic mass is 10.1. The number of likely N-dealkylation sites (N-methyl/N-ethyl adjacent to an activating group) is 1. The second-order valence-corrected chi connectivity index (χ2v) is 5.59. The molecule has 4 amide bonds. The van der Waals surface area contributed by atoms with Gasteiger partial charge in [-0.15, -0.1) is 0 Å². The van der Waals surface area contributed by atoms with Gasteiger partial charge >= 0.3 is 6.09 Å². The zero-order valence-electron chi connectivity index (χ0n) is 12.4. The first kappa shape index (κ1) is 15.0. The van der Waals surface area contributed by atoms with E-state index in [2.05, 4.69) is 0 Å². The maximum atomic E-state index is 12.4. The molecule has 0 unspecified atom stereocenters. The summed E-state index contributed by atoms with van der Waals surface area (Å²) in [7, 11) is 1.55. The molecule has 1 fully saturated rings. The lowest BCUT2D eigenvalue weighted by molar-refractivity contribution is -0.137. The summed E-state index contributed by atoms with van der Waals surface area (Å²) in [5, 5.41) is 9.07. The van der Waals surface area contributed by atoms with Crippen LogP contribution in [0.15, 0.2) is 24.3 Å². The van der Waals surface area contributed by atoms with E-state index < -0.39 is 23.9 Å². The number of hydrogen-bond donors (Lipinski definition) is 1. The molecule has 2 heterocycles. The van der Waals surface area contributed by atoms with Gasteiger partial charge in [0.05, 0.1) is 23.7 Å². The highest BCUT2D eigenvalue weighted by atomic mass is 16.4. The van der Waals surface area contributed by atoms with Gasteiger partial charge in [0.1, 0.15) is 6.54 Å². The molecule has 1 saturated heterocycles. The predicted molar refractivity (Wildman–Crippen MR) is 78.0 cm³/mol. The molecule has 0 bridgehead atoms. The Labute approximate surface area is 131 Å². The topological polar surface area (TPSA) is 98.2 Å². The van der Waals surface area contributed by atoms with Crippen molar-refractivity contribution in [2.45, 2.75) is 6.04 Å². The van der Waals surface area contributed by atoms with Crippen LogP contribution in [-0.2, 0) is 4.79 Å². The monoisotopic (exact) mass is 317 g/mol. The molecule has 3 rings (SSSR count). The van der Waals surface area contributed by atoms with Gasteiger partial charge in [-0.25, -0.2) is 4.79 Å². The largest absolute Gasteiger partial charge is 0.465 e. The van der Waals surface area contributed by atoms with Crippen LogP contribution < -0.4 is 0 Å². The Morgan fingerprint density at radius 1 is 1.17 bits per heavy atom. The third-order valence-corrected chi connectivity index (χ3v) is 4.24. The summed E-state index contributed by atoms with van der Waals surface area (Å²) in [6, 6.07) is 5.95. The molecule has 1 N–H and O–H groups in total. The molecule has 0 spiro atoms. The van der Waals surface area contributed by atoms with Gasteiger partial charge in [0.2, 0.25) is 5.91 Å². The minimum atomic E-state index is -1.20. The Hall–Kier alpha value is -2.90. The number of rotatable bonds is 2. The van der Waals surface area contributed by atoms with Crippen LogP contribution in [0.1, 0.15) is 20.7 Å². The summed E-state index contributed by atoms with van der Waals surface area (Å²) in [4.78, 5) is 51.2. The molecule has 0 radical (unpaired) electrons. The second-order valence-electron chi connectivity index (χ2n) is 5.59. The van der Waals surface area contributed by atoms with Gasteiger partial charge in [0.15, 0.2) is 0 Å². The first-order chi connectivity index (χ1) is 10.9. The number of amides is 4. The van der Waals surface area contributed by atoms with Crippen molar-refractivity contribution in [1.82, 2.24) is 14.7 Å². The van der Waals surface area contributed by atoms with E-state index in [-0.39, 0.29) is 25.5 Å². The normalized spacial score (nSPS) is 21.0. The van der Waals surface area contributed by atoms with E-state index >= 15 is 0 Å². The van der Waals surface area contributed by atoms with Crippen molar-refractivity contribution >= 4 is 23.8 Å². The fourth-order valence-electron chi connectivity index (χ4n) is 2.86. The highest BCUT2D eigenvalue weighted by Gasteiger charge is 2.40. The van der Waals surface area contributed by atoms with E-state index in [1.54, 1.807) is 31.3 Å². The van der Waals surface area contributed by atoms with E-state index in [1.165, 1.54) is 4.90 Å². The third kappa shape index (κ3) is 2.41. The SMILES string of the molecule is CN1C(=O)CN(C(=O)O)C[C@H]1CN1C(=O)c2ccccc2C1=O. The first-order valence-electron chi connectivity index (χ1n) is 7.09. The van der Waals surface area contributed by atoms with Crippen molar-refractivity contribution in [2.24, 2.45) is 0 Å². The van der Waals surface area contributed by atoms with Crippen LogP contribution in [0.25, 0.3) is 0 Å². The molecular formula is C15H15N3O5. The summed E-state index contributed by atoms with van der Waals surface area (Å²) in [5.41, 5.74) is 0.662. The summed E-state index contributed by atoms with van der Waals surface area (Å²) in [6.07, 6.45) is -1.20. The van der Waals surface area contributed by atoms with Crippen LogP contribution in [0, 0.1) is 0 Å². The molecule has 120 valence electrons. The fraction of sp³-hybridized carbons (Fsp3) is 0.333. The lowest BCUT2D eigenvalue weighted by Gasteiger charge is -2.39. The van der Waals surface area contributed by atoms with Crippen molar-refractivity contribution in [2.75, 3.05) is 26.7 Å². The molecule has 0 saturated carbocycles. The molecule has 8 heteroatoms. The highest BCUT2D eigenvalue weighted by molar-refractivity contribution is 6.21. The molecule has 0 aliphatic carbocycles. The molecule has 1 aromatic rings. The average Bonchev–Trinajstić information content (AvgIpc) is 2.76. The first-order valence-corrected chi connectivity index (χ1v) is 7.09. The lowest BCUT2D eigenvalue weighted by Crippen LogP contribution is -2.59. The Morgan fingerprint density at radius 3 is 2.26 bits per heavy atom. The number of nitrogens with zero attached hydrogens (tertiary/aromatic N) is 3. The Bertz CT molecular complexity index is 682. The number of carboxylic acid groups (broad SMARTS) is 1. The number of piperazine rings is 1. The van der Waals surface area contributed by atoms with Gasteiger partial charge in [-0.2, -0.15) is 0 Å². The standard InChI is InChI=1S/C15H15N3O5/c1-16-9(6-17(15(22)23)8-12(16)19)7-18-13(20)10-4-2-3-5-11(10)14(18)21/h2-5,9H,6-8H2,1H3,(H,22,23)/t9-/m0/s1. The van der Waals surface area contributed by atoms with Gasteiger partial charge in [-0.3, -0.25) is 24.2 Å². The number of carbonyl (C=O) groups excluding carboxylic acids is 3. The molecule has 0 aromatic heterocycles. The number of benzene rings is 1. The number of carbonyl (C=O) groups is 4. The highest BCUT2D eigenvalue weighted by Crippen LogP contribution is 2.23. The second kappa shape index (κ2) is 5.38. The maximum Gasteiger partial charge on any atom is 0.407 e. The number of imide groups is 1. The van der Waals surface area contributed by atoms with Crippen molar-refractivity contribution in [3.05, 3.63) is 35.4 Å². The van der Waals surface area contributed by atoms with Crippen LogP contribution in [0.4, 0.5) is 4.79 Å². The van der Waals surface area contributed by atoms with Crippen molar-refractivity contribution in [3.63, 3.8) is 0 Å². The number of fused-ring (bicyclic) bond motifs is 1. The number of hydrogen-bond acceptors (Lipinski definition) is 4. The zero-order valence-corrected chi connectivity index (χ0v) is 12.4. The zero-order chi connectivity index (χ0) is 16.7. The summed E-state index contributed by atoms with van der Waals surface area (Å²) >= 11 is 0. The third-order valence-electron chi connectivity index (χ3n) is 4.24. The van der Waals surface area contributed by atoms with Gasteiger partial charge in [-0.1, -0.05) is 12.1 Å². The van der Waals surface area contributed by atoms with Crippen LogP contribution in [-0.4, -0.2) is 76.3 Å². The maximum absolute atomic E-state index is 12.4. The molecule has 8 nitrogen and oxygen atoms in total. The van der Waals surface area contributed by atoms with Crippen LogP contribution in [0.3, 0.4) is 0 Å². The summed E-state index contributed by atoms with van der Waals surface area (Å²) in [5.74, 6) is -1.20. The quantitative estimate of drug-likeness (QED) is 0.780. The smallest absolute Gasteiger partial charge is 0.407 e. The van der Waals surface area contributed by atoms with E-state index in [9.17, 15) is 19.2 Å². The molecule has 2 aliphatic heterocycles. The average molecular weight is 317 g/mol. The van der Waals surface area contributed by atoms with Crippen LogP contribution in [0.5, 0.6) is 0 Å². The van der Waals surface area contributed by atoms with Crippen LogP contribution >= 0.6 is 0 Å². The molecule has 1 atom stereocenters. The molecule has 1 aromatic carbocycles.